The summed E-state index contributed by atoms with van der Waals surface area (Å²) in [5.74, 6) is 1.15. The average Bonchev–Trinajstić information content (AvgIpc) is 2.70. The third kappa shape index (κ3) is 3.52. The Morgan fingerprint density at radius 1 is 1.50 bits per heavy atom. The minimum atomic E-state index is 0.543. The molecular formula is C12H23N3S. The molecule has 0 fully saturated rings. The van der Waals surface area contributed by atoms with Crippen LogP contribution in [-0.2, 0) is 19.4 Å². The van der Waals surface area contributed by atoms with Gasteiger partial charge in [0.15, 0.2) is 0 Å². The monoisotopic (exact) mass is 241 g/mol. The van der Waals surface area contributed by atoms with Gasteiger partial charge in [-0.15, -0.1) is 0 Å². The van der Waals surface area contributed by atoms with Crippen LogP contribution in [0.4, 0.5) is 0 Å². The molecule has 0 aliphatic carbocycles. The third-order valence-electron chi connectivity index (χ3n) is 2.81. The van der Waals surface area contributed by atoms with Crippen LogP contribution in [0.5, 0.6) is 0 Å². The number of thioether (sulfide) groups is 1. The number of aromatic nitrogens is 2. The number of nitrogens with one attached hydrogen (secondary N) is 1. The molecule has 3 nitrogen and oxygen atoms in total. The van der Waals surface area contributed by atoms with Crippen molar-refractivity contribution < 1.29 is 0 Å². The van der Waals surface area contributed by atoms with Crippen LogP contribution < -0.4 is 5.32 Å². The van der Waals surface area contributed by atoms with E-state index in [0.29, 0.717) is 6.04 Å². The zero-order valence-corrected chi connectivity index (χ0v) is 11.6. The van der Waals surface area contributed by atoms with Gasteiger partial charge in [-0.2, -0.15) is 16.9 Å². The minimum Gasteiger partial charge on any atom is -0.316 e. The van der Waals surface area contributed by atoms with Crippen LogP contribution in [0.2, 0.25) is 0 Å². The number of rotatable bonds is 7. The van der Waals surface area contributed by atoms with Crippen LogP contribution in [-0.4, -0.2) is 34.9 Å². The fraction of sp³-hybridized carbons (Fsp3) is 0.750. The van der Waals surface area contributed by atoms with Crippen molar-refractivity contribution in [3.05, 3.63) is 17.5 Å². The van der Waals surface area contributed by atoms with E-state index >= 15 is 0 Å². The van der Waals surface area contributed by atoms with Crippen molar-refractivity contribution in [1.82, 2.24) is 15.1 Å². The topological polar surface area (TPSA) is 29.9 Å². The number of likely N-dealkylation sites (N-methyl/N-ethyl adjacent to an activating group) is 1. The van der Waals surface area contributed by atoms with Gasteiger partial charge in [0.2, 0.25) is 0 Å². The molecule has 0 aliphatic heterocycles. The van der Waals surface area contributed by atoms with Gasteiger partial charge in [-0.05, 0) is 32.7 Å². The fourth-order valence-corrected chi connectivity index (χ4v) is 2.51. The highest BCUT2D eigenvalue weighted by Gasteiger charge is 2.11. The zero-order chi connectivity index (χ0) is 12.0. The second-order valence-electron chi connectivity index (χ2n) is 3.94. The van der Waals surface area contributed by atoms with Gasteiger partial charge in [0, 0.05) is 30.5 Å². The highest BCUT2D eigenvalue weighted by Crippen LogP contribution is 2.10. The first kappa shape index (κ1) is 13.6. The maximum absolute atomic E-state index is 4.58. The summed E-state index contributed by atoms with van der Waals surface area (Å²) >= 11 is 1.89. The van der Waals surface area contributed by atoms with E-state index in [1.807, 2.05) is 18.8 Å². The van der Waals surface area contributed by atoms with Gasteiger partial charge in [0.05, 0.1) is 5.69 Å². The summed E-state index contributed by atoms with van der Waals surface area (Å²) in [6.07, 6.45) is 4.24. The first-order valence-corrected chi connectivity index (χ1v) is 7.36. The molecule has 1 aromatic heterocycles. The maximum atomic E-state index is 4.58. The molecule has 1 N–H and O–H groups in total. The fourth-order valence-electron chi connectivity index (χ4n) is 1.82. The summed E-state index contributed by atoms with van der Waals surface area (Å²) in [7, 11) is 2.04. The van der Waals surface area contributed by atoms with E-state index in [4.69, 9.17) is 0 Å². The van der Waals surface area contributed by atoms with Crippen molar-refractivity contribution in [1.29, 1.82) is 0 Å². The number of aryl methyl sites for hydroxylation is 2. The predicted molar refractivity (Wildman–Crippen MR) is 72.2 cm³/mol. The van der Waals surface area contributed by atoms with Gasteiger partial charge in [-0.3, -0.25) is 4.68 Å². The lowest BCUT2D eigenvalue weighted by atomic mass is 10.1. The Hall–Kier alpha value is -0.480. The van der Waals surface area contributed by atoms with Gasteiger partial charge < -0.3 is 5.32 Å². The highest BCUT2D eigenvalue weighted by molar-refractivity contribution is 7.98. The van der Waals surface area contributed by atoms with Crippen LogP contribution in [0.3, 0.4) is 0 Å². The molecule has 1 unspecified atom stereocenters. The van der Waals surface area contributed by atoms with Crippen molar-refractivity contribution in [3.8, 4) is 0 Å². The summed E-state index contributed by atoms with van der Waals surface area (Å²) in [6, 6.07) is 2.79. The SMILES string of the molecule is CCc1cc(CC(CSC)NC)n(CC)n1. The first-order chi connectivity index (χ1) is 7.74. The summed E-state index contributed by atoms with van der Waals surface area (Å²) in [4.78, 5) is 0. The Labute approximate surface area is 103 Å². The largest absolute Gasteiger partial charge is 0.316 e. The molecule has 0 aliphatic rings. The van der Waals surface area contributed by atoms with Crippen molar-refractivity contribution >= 4 is 11.8 Å². The van der Waals surface area contributed by atoms with E-state index in [0.717, 1.165) is 25.1 Å². The Bertz CT molecular complexity index is 309. The Kier molecular flexibility index (Phi) is 5.91. The summed E-state index contributed by atoms with van der Waals surface area (Å²) in [5, 5.41) is 7.94. The lowest BCUT2D eigenvalue weighted by Gasteiger charge is -2.15. The second kappa shape index (κ2) is 6.97. The second-order valence-corrected chi connectivity index (χ2v) is 4.85. The van der Waals surface area contributed by atoms with Crippen molar-refractivity contribution in [2.24, 2.45) is 0 Å². The Balaban J connectivity index is 2.73. The standard InChI is InChI=1S/C12H23N3S/c1-5-10-7-12(15(6-2)14-10)8-11(13-3)9-16-4/h7,11,13H,5-6,8-9H2,1-4H3. The molecule has 0 aromatic carbocycles. The molecule has 1 heterocycles. The molecule has 1 aromatic rings. The first-order valence-electron chi connectivity index (χ1n) is 5.96. The van der Waals surface area contributed by atoms with Crippen LogP contribution in [0, 0.1) is 0 Å². The number of nitrogens with zero attached hydrogens (tertiary/aromatic N) is 2. The highest BCUT2D eigenvalue weighted by atomic mass is 32.2. The molecule has 1 atom stereocenters. The van der Waals surface area contributed by atoms with Crippen molar-refractivity contribution in [3.63, 3.8) is 0 Å². The molecule has 0 saturated carbocycles. The molecule has 0 spiro atoms. The van der Waals surface area contributed by atoms with Gasteiger partial charge in [0.25, 0.3) is 0 Å². The quantitative estimate of drug-likeness (QED) is 0.791. The van der Waals surface area contributed by atoms with E-state index in [1.54, 1.807) is 0 Å². The summed E-state index contributed by atoms with van der Waals surface area (Å²) < 4.78 is 2.13. The molecule has 0 radical (unpaired) electrons. The Morgan fingerprint density at radius 3 is 2.75 bits per heavy atom. The van der Waals surface area contributed by atoms with Gasteiger partial charge in [-0.1, -0.05) is 6.92 Å². The van der Waals surface area contributed by atoms with Crippen LogP contribution in [0.1, 0.15) is 25.2 Å². The molecule has 4 heteroatoms. The lowest BCUT2D eigenvalue weighted by Crippen LogP contribution is -2.30. The molecule has 0 saturated heterocycles. The Morgan fingerprint density at radius 2 is 2.25 bits per heavy atom. The molecule has 1 rings (SSSR count). The summed E-state index contributed by atoms with van der Waals surface area (Å²) in [6.45, 7) is 5.27. The van der Waals surface area contributed by atoms with Crippen molar-refractivity contribution in [2.45, 2.75) is 39.3 Å². The minimum absolute atomic E-state index is 0.543. The lowest BCUT2D eigenvalue weighted by molar-refractivity contribution is 0.555. The number of hydrogen-bond acceptors (Lipinski definition) is 3. The number of hydrogen-bond donors (Lipinski definition) is 1. The van der Waals surface area contributed by atoms with Gasteiger partial charge in [0.1, 0.15) is 0 Å². The zero-order valence-electron chi connectivity index (χ0n) is 10.8. The van der Waals surface area contributed by atoms with Crippen LogP contribution in [0.25, 0.3) is 0 Å². The molecule has 0 amide bonds. The van der Waals surface area contributed by atoms with E-state index < -0.39 is 0 Å². The molecule has 92 valence electrons. The summed E-state index contributed by atoms with van der Waals surface area (Å²) in [5.41, 5.74) is 2.56. The third-order valence-corrected chi connectivity index (χ3v) is 3.54. The average molecular weight is 241 g/mol. The van der Waals surface area contributed by atoms with E-state index in [9.17, 15) is 0 Å². The van der Waals surface area contributed by atoms with Crippen LogP contribution >= 0.6 is 11.8 Å². The maximum Gasteiger partial charge on any atom is 0.0624 e. The van der Waals surface area contributed by atoms with E-state index in [-0.39, 0.29) is 0 Å². The molecule has 16 heavy (non-hydrogen) atoms. The molecule has 0 bridgehead atoms. The van der Waals surface area contributed by atoms with Gasteiger partial charge >= 0.3 is 0 Å². The van der Waals surface area contributed by atoms with Gasteiger partial charge in [-0.25, -0.2) is 0 Å². The smallest absolute Gasteiger partial charge is 0.0624 e. The van der Waals surface area contributed by atoms with E-state index in [1.165, 1.54) is 11.4 Å². The van der Waals surface area contributed by atoms with Crippen LogP contribution in [0.15, 0.2) is 6.07 Å². The molecular weight excluding hydrogens is 218 g/mol. The normalized spacial score (nSPS) is 13.0. The van der Waals surface area contributed by atoms with Crippen molar-refractivity contribution in [2.75, 3.05) is 19.1 Å². The van der Waals surface area contributed by atoms with E-state index in [2.05, 4.69) is 41.3 Å². The predicted octanol–water partition coefficient (Wildman–Crippen LogP) is 1.96.